The van der Waals surface area contributed by atoms with Gasteiger partial charge in [-0.05, 0) is 18.2 Å². The molecular weight excluding hydrogens is 345 g/mol. The van der Waals surface area contributed by atoms with Crippen LogP contribution in [0.1, 0.15) is 14.4 Å². The van der Waals surface area contributed by atoms with Crippen LogP contribution in [-0.4, -0.2) is 63.2 Å². The van der Waals surface area contributed by atoms with Crippen LogP contribution in [0.15, 0.2) is 36.8 Å². The van der Waals surface area contributed by atoms with Gasteiger partial charge < -0.3 is 9.88 Å². The predicted molar refractivity (Wildman–Crippen MR) is 105 cm³/mol. The maximum absolute atomic E-state index is 13.3. The summed E-state index contributed by atoms with van der Waals surface area (Å²) >= 11 is 0. The molecule has 0 bridgehead atoms. The van der Waals surface area contributed by atoms with Crippen molar-refractivity contribution in [1.29, 1.82) is 0 Å². The summed E-state index contributed by atoms with van der Waals surface area (Å²) in [6.45, 7) is 6.74. The molecule has 0 aliphatic carbocycles. The van der Waals surface area contributed by atoms with Crippen molar-refractivity contribution in [2.75, 3.05) is 32.7 Å². The standard InChI is InChI=1S/C19H22FN5O.CH4/c1-14(26)24-7-4-23(5-8-24)6-9-25-13-15(11-22-25)18-12-21-19-10-16(20)2-3-17(18)19;/h2-3,10-13,21H,4-9H2,1H3;1H4. The maximum Gasteiger partial charge on any atom is 0.219 e. The molecule has 0 saturated carbocycles. The molecule has 0 radical (unpaired) electrons. The minimum absolute atomic E-state index is 0. The molecule has 0 spiro atoms. The molecule has 1 amide bonds. The predicted octanol–water partition coefficient (Wildman–Crippen LogP) is 2.97. The molecule has 1 aliphatic rings. The lowest BCUT2D eigenvalue weighted by Crippen LogP contribution is -2.48. The quantitative estimate of drug-likeness (QED) is 0.767. The van der Waals surface area contributed by atoms with Crippen molar-refractivity contribution in [3.63, 3.8) is 0 Å². The summed E-state index contributed by atoms with van der Waals surface area (Å²) in [5, 5.41) is 5.45. The van der Waals surface area contributed by atoms with Gasteiger partial charge in [-0.25, -0.2) is 4.39 Å². The normalized spacial score (nSPS) is 15.1. The van der Waals surface area contributed by atoms with Crippen molar-refractivity contribution in [3.05, 3.63) is 42.6 Å². The van der Waals surface area contributed by atoms with Crippen molar-refractivity contribution in [1.82, 2.24) is 24.6 Å². The first-order valence-electron chi connectivity index (χ1n) is 8.87. The van der Waals surface area contributed by atoms with Crippen molar-refractivity contribution in [2.45, 2.75) is 20.9 Å². The molecule has 7 heteroatoms. The number of nitrogens with one attached hydrogen (secondary N) is 1. The lowest BCUT2D eigenvalue weighted by molar-refractivity contribution is -0.130. The molecule has 1 aromatic carbocycles. The summed E-state index contributed by atoms with van der Waals surface area (Å²) in [6, 6.07) is 4.77. The minimum atomic E-state index is -0.244. The molecule has 1 fully saturated rings. The Morgan fingerprint density at radius 3 is 2.74 bits per heavy atom. The number of H-pyrrole nitrogens is 1. The van der Waals surface area contributed by atoms with Gasteiger partial charge in [-0.1, -0.05) is 7.43 Å². The van der Waals surface area contributed by atoms with E-state index in [2.05, 4.69) is 15.0 Å². The van der Waals surface area contributed by atoms with Crippen LogP contribution in [0.4, 0.5) is 4.39 Å². The first-order valence-corrected chi connectivity index (χ1v) is 8.87. The highest BCUT2D eigenvalue weighted by Gasteiger charge is 2.18. The minimum Gasteiger partial charge on any atom is -0.360 e. The number of hydrogen-bond acceptors (Lipinski definition) is 3. The largest absolute Gasteiger partial charge is 0.360 e. The van der Waals surface area contributed by atoms with Crippen molar-refractivity contribution < 1.29 is 9.18 Å². The lowest BCUT2D eigenvalue weighted by atomic mass is 10.1. The highest BCUT2D eigenvalue weighted by molar-refractivity contribution is 5.95. The number of aromatic amines is 1. The van der Waals surface area contributed by atoms with E-state index in [0.29, 0.717) is 0 Å². The smallest absolute Gasteiger partial charge is 0.219 e. The number of carbonyl (C=O) groups is 1. The molecule has 3 heterocycles. The topological polar surface area (TPSA) is 57.2 Å². The zero-order valence-electron chi connectivity index (χ0n) is 14.8. The molecule has 1 N–H and O–H groups in total. The number of aromatic nitrogens is 3. The zero-order valence-corrected chi connectivity index (χ0v) is 14.8. The van der Waals surface area contributed by atoms with E-state index in [1.54, 1.807) is 13.0 Å². The molecule has 1 aliphatic heterocycles. The van der Waals surface area contributed by atoms with E-state index in [-0.39, 0.29) is 19.2 Å². The number of rotatable bonds is 4. The van der Waals surface area contributed by atoms with Gasteiger partial charge in [-0.3, -0.25) is 14.4 Å². The van der Waals surface area contributed by atoms with E-state index in [0.717, 1.165) is 61.3 Å². The molecule has 144 valence electrons. The number of carbonyl (C=O) groups excluding carboxylic acids is 1. The molecule has 27 heavy (non-hydrogen) atoms. The second-order valence-corrected chi connectivity index (χ2v) is 6.73. The number of hydrogen-bond donors (Lipinski definition) is 1. The molecule has 6 nitrogen and oxygen atoms in total. The Morgan fingerprint density at radius 1 is 1.22 bits per heavy atom. The first-order chi connectivity index (χ1) is 12.6. The molecular formula is C20H26FN5O. The summed E-state index contributed by atoms with van der Waals surface area (Å²) in [7, 11) is 0. The third kappa shape index (κ3) is 4.03. The third-order valence-corrected chi connectivity index (χ3v) is 5.05. The summed E-state index contributed by atoms with van der Waals surface area (Å²) in [5.41, 5.74) is 2.83. The van der Waals surface area contributed by atoms with Gasteiger partial charge in [-0.15, -0.1) is 0 Å². The molecule has 0 atom stereocenters. The number of amides is 1. The van der Waals surface area contributed by atoms with Gasteiger partial charge in [0.15, 0.2) is 0 Å². The van der Waals surface area contributed by atoms with Gasteiger partial charge in [-0.2, -0.15) is 5.10 Å². The van der Waals surface area contributed by atoms with E-state index in [4.69, 9.17) is 0 Å². The van der Waals surface area contributed by atoms with E-state index < -0.39 is 0 Å². The van der Waals surface area contributed by atoms with Crippen LogP contribution in [0.3, 0.4) is 0 Å². The van der Waals surface area contributed by atoms with Crippen LogP contribution < -0.4 is 0 Å². The Kier molecular flexibility index (Phi) is 5.60. The Hall–Kier alpha value is -2.67. The number of nitrogens with zero attached hydrogens (tertiary/aromatic N) is 4. The lowest BCUT2D eigenvalue weighted by Gasteiger charge is -2.34. The number of benzene rings is 1. The Labute approximate surface area is 158 Å². The number of fused-ring (bicyclic) bond motifs is 1. The number of halogens is 1. The highest BCUT2D eigenvalue weighted by Crippen LogP contribution is 2.28. The fourth-order valence-electron chi connectivity index (χ4n) is 3.49. The zero-order chi connectivity index (χ0) is 18.1. The summed E-state index contributed by atoms with van der Waals surface area (Å²) < 4.78 is 15.3. The van der Waals surface area contributed by atoms with E-state index >= 15 is 0 Å². The molecule has 4 rings (SSSR count). The van der Waals surface area contributed by atoms with Crippen LogP contribution in [0, 0.1) is 5.82 Å². The van der Waals surface area contributed by atoms with Crippen LogP contribution in [0.5, 0.6) is 0 Å². The van der Waals surface area contributed by atoms with Crippen molar-refractivity contribution >= 4 is 16.8 Å². The molecule has 3 aromatic rings. The van der Waals surface area contributed by atoms with E-state index in [1.807, 2.05) is 28.2 Å². The van der Waals surface area contributed by atoms with Gasteiger partial charge in [0, 0.05) is 74.1 Å². The van der Waals surface area contributed by atoms with E-state index in [9.17, 15) is 9.18 Å². The Bertz CT molecular complexity index is 923. The van der Waals surface area contributed by atoms with Crippen LogP contribution >= 0.6 is 0 Å². The Morgan fingerprint density at radius 2 is 2.00 bits per heavy atom. The van der Waals surface area contributed by atoms with E-state index in [1.165, 1.54) is 12.1 Å². The van der Waals surface area contributed by atoms with Crippen molar-refractivity contribution in [3.8, 4) is 11.1 Å². The van der Waals surface area contributed by atoms with Gasteiger partial charge in [0.1, 0.15) is 5.82 Å². The third-order valence-electron chi connectivity index (χ3n) is 5.05. The molecule has 2 aromatic heterocycles. The SMILES string of the molecule is C.CC(=O)N1CCN(CCn2cc(-c3c[nH]c4cc(F)ccc34)cn2)CC1. The van der Waals surface area contributed by atoms with Gasteiger partial charge in [0.05, 0.1) is 12.7 Å². The second-order valence-electron chi connectivity index (χ2n) is 6.73. The second kappa shape index (κ2) is 7.92. The maximum atomic E-state index is 13.3. The summed E-state index contributed by atoms with van der Waals surface area (Å²) in [5.74, 6) is -0.0913. The highest BCUT2D eigenvalue weighted by atomic mass is 19.1. The average molecular weight is 371 g/mol. The van der Waals surface area contributed by atoms with Crippen molar-refractivity contribution in [2.24, 2.45) is 0 Å². The monoisotopic (exact) mass is 371 g/mol. The fraction of sp³-hybridized carbons (Fsp3) is 0.400. The van der Waals surface area contributed by atoms with Crippen LogP contribution in [0.25, 0.3) is 22.0 Å². The average Bonchev–Trinajstić information content (AvgIpc) is 3.26. The van der Waals surface area contributed by atoms with Crippen LogP contribution in [0.2, 0.25) is 0 Å². The van der Waals surface area contributed by atoms with Crippen LogP contribution in [-0.2, 0) is 11.3 Å². The van der Waals surface area contributed by atoms with Gasteiger partial charge in [0.25, 0.3) is 0 Å². The van der Waals surface area contributed by atoms with Gasteiger partial charge in [0.2, 0.25) is 5.91 Å². The molecule has 1 saturated heterocycles. The fourth-order valence-corrected chi connectivity index (χ4v) is 3.49. The summed E-state index contributed by atoms with van der Waals surface area (Å²) in [4.78, 5) is 18.7. The van der Waals surface area contributed by atoms with Gasteiger partial charge >= 0.3 is 0 Å². The summed E-state index contributed by atoms with van der Waals surface area (Å²) in [6.07, 6.45) is 5.77. The Balaban J connectivity index is 0.00000210. The molecule has 0 unspecified atom stereocenters. The number of piperazine rings is 1. The first kappa shape index (κ1) is 19.1.